The van der Waals surface area contributed by atoms with E-state index in [0.717, 1.165) is 31.6 Å². The number of hydrogen-bond donors (Lipinski definition) is 1. The van der Waals surface area contributed by atoms with E-state index in [1.54, 1.807) is 0 Å². The molecule has 5 heteroatoms. The SMILES string of the molecule is Cc1nn(C)c(C)c1CC(C)NC(=O)N1CCc2ccccc2C(C)(C)C1. The van der Waals surface area contributed by atoms with E-state index < -0.39 is 0 Å². The second-order valence-corrected chi connectivity index (χ2v) is 8.54. The van der Waals surface area contributed by atoms with Crippen molar-refractivity contribution in [3.8, 4) is 0 Å². The van der Waals surface area contributed by atoms with Crippen LogP contribution in [0.4, 0.5) is 4.79 Å². The van der Waals surface area contributed by atoms with Crippen molar-refractivity contribution in [2.24, 2.45) is 7.05 Å². The van der Waals surface area contributed by atoms with Gasteiger partial charge in [0.25, 0.3) is 0 Å². The molecule has 0 saturated carbocycles. The first-order chi connectivity index (χ1) is 12.7. The molecule has 1 aromatic carbocycles. The number of amides is 2. The van der Waals surface area contributed by atoms with Gasteiger partial charge in [-0.1, -0.05) is 38.1 Å². The maximum atomic E-state index is 13.0. The summed E-state index contributed by atoms with van der Waals surface area (Å²) in [6, 6.07) is 8.67. The van der Waals surface area contributed by atoms with Gasteiger partial charge in [-0.15, -0.1) is 0 Å². The lowest BCUT2D eigenvalue weighted by Crippen LogP contribution is -2.48. The van der Waals surface area contributed by atoms with Gasteiger partial charge in [-0.2, -0.15) is 5.10 Å². The quantitative estimate of drug-likeness (QED) is 0.901. The molecule has 146 valence electrons. The Bertz CT molecular complexity index is 837. The van der Waals surface area contributed by atoms with Crippen molar-refractivity contribution in [2.45, 2.75) is 58.9 Å². The summed E-state index contributed by atoms with van der Waals surface area (Å²) in [4.78, 5) is 14.9. The second kappa shape index (κ2) is 7.37. The molecule has 3 rings (SSSR count). The first-order valence-electron chi connectivity index (χ1n) is 9.82. The number of nitrogens with one attached hydrogen (secondary N) is 1. The van der Waals surface area contributed by atoms with Crippen molar-refractivity contribution in [2.75, 3.05) is 13.1 Å². The molecular formula is C22H32N4O. The Kier molecular flexibility index (Phi) is 5.31. The number of rotatable bonds is 3. The van der Waals surface area contributed by atoms with Gasteiger partial charge in [0.2, 0.25) is 0 Å². The van der Waals surface area contributed by atoms with Crippen LogP contribution in [0.3, 0.4) is 0 Å². The number of carbonyl (C=O) groups is 1. The Hall–Kier alpha value is -2.30. The summed E-state index contributed by atoms with van der Waals surface area (Å²) in [5, 5.41) is 7.68. The summed E-state index contributed by atoms with van der Waals surface area (Å²) >= 11 is 0. The Morgan fingerprint density at radius 3 is 2.67 bits per heavy atom. The van der Waals surface area contributed by atoms with E-state index >= 15 is 0 Å². The average molecular weight is 369 g/mol. The van der Waals surface area contributed by atoms with Gasteiger partial charge in [0.05, 0.1) is 5.69 Å². The summed E-state index contributed by atoms with van der Waals surface area (Å²) in [6.07, 6.45) is 1.71. The van der Waals surface area contributed by atoms with Gasteiger partial charge in [-0.05, 0) is 50.3 Å². The second-order valence-electron chi connectivity index (χ2n) is 8.54. The number of aromatic nitrogens is 2. The van der Waals surface area contributed by atoms with E-state index in [1.807, 2.05) is 23.6 Å². The Morgan fingerprint density at radius 1 is 1.30 bits per heavy atom. The molecule has 1 aliphatic heterocycles. The fraction of sp³-hybridized carbons (Fsp3) is 0.545. The number of carbonyl (C=O) groups excluding carboxylic acids is 1. The van der Waals surface area contributed by atoms with Crippen LogP contribution in [0.2, 0.25) is 0 Å². The van der Waals surface area contributed by atoms with Gasteiger partial charge < -0.3 is 10.2 Å². The molecule has 0 fully saturated rings. The van der Waals surface area contributed by atoms with Crippen molar-refractivity contribution < 1.29 is 4.79 Å². The van der Waals surface area contributed by atoms with Crippen molar-refractivity contribution in [1.82, 2.24) is 20.0 Å². The molecule has 0 bridgehead atoms. The lowest BCUT2D eigenvalue weighted by atomic mass is 9.82. The van der Waals surface area contributed by atoms with Crippen LogP contribution in [0.5, 0.6) is 0 Å². The molecule has 1 aromatic heterocycles. The van der Waals surface area contributed by atoms with E-state index in [0.29, 0.717) is 0 Å². The summed E-state index contributed by atoms with van der Waals surface area (Å²) in [5.74, 6) is 0. The van der Waals surface area contributed by atoms with Gasteiger partial charge in [0.1, 0.15) is 0 Å². The van der Waals surface area contributed by atoms with Gasteiger partial charge >= 0.3 is 6.03 Å². The summed E-state index contributed by atoms with van der Waals surface area (Å²) in [7, 11) is 1.96. The highest BCUT2D eigenvalue weighted by Gasteiger charge is 2.31. The standard InChI is InChI=1S/C22H32N4O/c1-15(13-19-16(2)24-25(6)17(19)3)23-21(27)26-12-11-18-9-7-8-10-20(18)22(4,5)14-26/h7-10,15H,11-14H2,1-6H3,(H,23,27). The lowest BCUT2D eigenvalue weighted by Gasteiger charge is -2.31. The normalized spacial score (nSPS) is 17.2. The summed E-state index contributed by atoms with van der Waals surface area (Å²) in [6.45, 7) is 12.1. The number of urea groups is 1. The van der Waals surface area contributed by atoms with E-state index in [9.17, 15) is 4.79 Å². The zero-order valence-electron chi connectivity index (χ0n) is 17.5. The highest BCUT2D eigenvalue weighted by molar-refractivity contribution is 5.75. The molecule has 0 radical (unpaired) electrons. The molecule has 2 heterocycles. The van der Waals surface area contributed by atoms with Crippen LogP contribution in [0.15, 0.2) is 24.3 Å². The molecule has 27 heavy (non-hydrogen) atoms. The monoisotopic (exact) mass is 368 g/mol. The number of fused-ring (bicyclic) bond motifs is 1. The predicted molar refractivity (Wildman–Crippen MR) is 109 cm³/mol. The molecule has 0 aliphatic carbocycles. The highest BCUT2D eigenvalue weighted by Crippen LogP contribution is 2.30. The smallest absolute Gasteiger partial charge is 0.317 e. The average Bonchev–Trinajstić information content (AvgIpc) is 2.77. The number of hydrogen-bond acceptors (Lipinski definition) is 2. The molecule has 1 aliphatic rings. The van der Waals surface area contributed by atoms with E-state index in [-0.39, 0.29) is 17.5 Å². The summed E-state index contributed by atoms with van der Waals surface area (Å²) in [5.41, 5.74) is 6.10. The molecule has 1 unspecified atom stereocenters. The van der Waals surface area contributed by atoms with Crippen molar-refractivity contribution >= 4 is 6.03 Å². The van der Waals surface area contributed by atoms with Crippen molar-refractivity contribution in [3.63, 3.8) is 0 Å². The fourth-order valence-electron chi connectivity index (χ4n) is 4.24. The summed E-state index contributed by atoms with van der Waals surface area (Å²) < 4.78 is 1.91. The van der Waals surface area contributed by atoms with Crippen LogP contribution in [0.25, 0.3) is 0 Å². The minimum absolute atomic E-state index is 0.0302. The van der Waals surface area contributed by atoms with Gasteiger partial charge in [-0.25, -0.2) is 4.79 Å². The van der Waals surface area contributed by atoms with Crippen LogP contribution < -0.4 is 5.32 Å². The zero-order valence-corrected chi connectivity index (χ0v) is 17.5. The van der Waals surface area contributed by atoms with Crippen molar-refractivity contribution in [3.05, 3.63) is 52.3 Å². The Labute approximate surface area is 162 Å². The number of benzene rings is 1. The highest BCUT2D eigenvalue weighted by atomic mass is 16.2. The number of nitrogens with zero attached hydrogens (tertiary/aromatic N) is 3. The Morgan fingerprint density at radius 2 is 2.00 bits per heavy atom. The van der Waals surface area contributed by atoms with E-state index in [1.165, 1.54) is 22.4 Å². The van der Waals surface area contributed by atoms with Crippen LogP contribution in [0.1, 0.15) is 48.8 Å². The van der Waals surface area contributed by atoms with E-state index in [4.69, 9.17) is 0 Å². The maximum absolute atomic E-state index is 13.0. The van der Waals surface area contributed by atoms with Gasteiger partial charge in [-0.3, -0.25) is 4.68 Å². The minimum Gasteiger partial charge on any atom is -0.335 e. The number of aryl methyl sites for hydroxylation is 2. The largest absolute Gasteiger partial charge is 0.335 e. The first-order valence-corrected chi connectivity index (χ1v) is 9.82. The molecule has 2 aromatic rings. The predicted octanol–water partition coefficient (Wildman–Crippen LogP) is 3.51. The van der Waals surface area contributed by atoms with Crippen LogP contribution in [-0.4, -0.2) is 39.8 Å². The molecule has 1 atom stereocenters. The third-order valence-electron chi connectivity index (χ3n) is 5.81. The molecule has 2 amide bonds. The van der Waals surface area contributed by atoms with Crippen LogP contribution in [0, 0.1) is 13.8 Å². The fourth-order valence-corrected chi connectivity index (χ4v) is 4.24. The molecule has 0 saturated heterocycles. The maximum Gasteiger partial charge on any atom is 0.317 e. The molecule has 5 nitrogen and oxygen atoms in total. The van der Waals surface area contributed by atoms with E-state index in [2.05, 4.69) is 62.4 Å². The van der Waals surface area contributed by atoms with Gasteiger partial charge in [0.15, 0.2) is 0 Å². The van der Waals surface area contributed by atoms with Gasteiger partial charge in [0, 0.05) is 37.3 Å². The lowest BCUT2D eigenvalue weighted by molar-refractivity contribution is 0.185. The van der Waals surface area contributed by atoms with Crippen LogP contribution >= 0.6 is 0 Å². The molecular weight excluding hydrogens is 336 g/mol. The minimum atomic E-state index is -0.0514. The Balaban J connectivity index is 1.68. The van der Waals surface area contributed by atoms with Crippen LogP contribution in [-0.2, 0) is 25.3 Å². The third-order valence-corrected chi connectivity index (χ3v) is 5.81. The zero-order chi connectivity index (χ0) is 19.8. The molecule has 0 spiro atoms. The molecule has 1 N–H and O–H groups in total. The van der Waals surface area contributed by atoms with Crippen molar-refractivity contribution in [1.29, 1.82) is 0 Å². The topological polar surface area (TPSA) is 50.2 Å². The third kappa shape index (κ3) is 4.02. The first kappa shape index (κ1) is 19.5.